The van der Waals surface area contributed by atoms with E-state index in [1.54, 1.807) is 0 Å². The first-order valence-electron chi connectivity index (χ1n) is 7.87. The largest absolute Gasteiger partial charge is 0.447 e. The van der Waals surface area contributed by atoms with Crippen molar-refractivity contribution in [2.75, 3.05) is 36.0 Å². The standard InChI is InChI=1S/C16H16FN3O6/c1-9(21)14(22)18-7-11-8-20(16(24)26-11)10-2-3-13(12(17)6-10)19-4-5-25-15(19)23/h2-3,6,11H,4-5,7-8H2,1H3,(H,18,22)/t11-/m0/s1. The maximum Gasteiger partial charge on any atom is 0.414 e. The molecular formula is C16H16FN3O6. The third kappa shape index (κ3) is 3.44. The fourth-order valence-corrected chi connectivity index (χ4v) is 2.66. The van der Waals surface area contributed by atoms with Gasteiger partial charge in [0, 0.05) is 6.92 Å². The number of ketones is 1. The number of nitrogens with zero attached hydrogens (tertiary/aromatic N) is 2. The van der Waals surface area contributed by atoms with Gasteiger partial charge in [-0.25, -0.2) is 14.0 Å². The fourth-order valence-electron chi connectivity index (χ4n) is 2.66. The van der Waals surface area contributed by atoms with Crippen molar-refractivity contribution < 1.29 is 33.0 Å². The molecule has 26 heavy (non-hydrogen) atoms. The van der Waals surface area contributed by atoms with Crippen molar-refractivity contribution in [2.45, 2.75) is 13.0 Å². The Kier molecular flexibility index (Phi) is 4.74. The number of carbonyl (C=O) groups excluding carboxylic acids is 4. The molecule has 1 aromatic carbocycles. The lowest BCUT2D eigenvalue weighted by molar-refractivity contribution is -0.136. The van der Waals surface area contributed by atoms with Crippen LogP contribution in [0.5, 0.6) is 0 Å². The molecule has 0 bridgehead atoms. The predicted molar refractivity (Wildman–Crippen MR) is 86.4 cm³/mol. The number of hydrogen-bond acceptors (Lipinski definition) is 6. The zero-order valence-electron chi connectivity index (χ0n) is 13.9. The maximum absolute atomic E-state index is 14.4. The van der Waals surface area contributed by atoms with Crippen LogP contribution in [0.25, 0.3) is 0 Å². The van der Waals surface area contributed by atoms with Crippen LogP contribution in [0.4, 0.5) is 25.4 Å². The van der Waals surface area contributed by atoms with E-state index in [1.165, 1.54) is 21.9 Å². The summed E-state index contributed by atoms with van der Waals surface area (Å²) in [6.07, 6.45) is -1.99. The maximum atomic E-state index is 14.4. The van der Waals surface area contributed by atoms with E-state index in [4.69, 9.17) is 9.47 Å². The van der Waals surface area contributed by atoms with Gasteiger partial charge in [-0.05, 0) is 18.2 Å². The van der Waals surface area contributed by atoms with Crippen molar-refractivity contribution in [3.05, 3.63) is 24.0 Å². The molecule has 2 aliphatic rings. The fraction of sp³-hybridized carbons (Fsp3) is 0.375. The highest BCUT2D eigenvalue weighted by atomic mass is 19.1. The van der Waals surface area contributed by atoms with Gasteiger partial charge >= 0.3 is 12.2 Å². The Morgan fingerprint density at radius 1 is 1.27 bits per heavy atom. The molecule has 1 aromatic rings. The Hall–Kier alpha value is -3.17. The van der Waals surface area contributed by atoms with E-state index in [9.17, 15) is 23.6 Å². The first-order valence-corrected chi connectivity index (χ1v) is 7.87. The summed E-state index contributed by atoms with van der Waals surface area (Å²) in [5, 5.41) is 2.35. The van der Waals surface area contributed by atoms with Crippen molar-refractivity contribution in [3.8, 4) is 0 Å². The SMILES string of the molecule is CC(=O)C(=O)NC[C@H]1CN(c2ccc(N3CCOC3=O)c(F)c2)C(=O)O1. The average molecular weight is 365 g/mol. The number of amides is 3. The van der Waals surface area contributed by atoms with Crippen LogP contribution in [-0.4, -0.2) is 56.2 Å². The van der Waals surface area contributed by atoms with Gasteiger partial charge in [0.2, 0.25) is 5.78 Å². The monoisotopic (exact) mass is 365 g/mol. The van der Waals surface area contributed by atoms with Crippen LogP contribution in [0.2, 0.25) is 0 Å². The van der Waals surface area contributed by atoms with Crippen molar-refractivity contribution in [3.63, 3.8) is 0 Å². The molecule has 0 spiro atoms. The molecule has 0 saturated carbocycles. The second kappa shape index (κ2) is 6.98. The van der Waals surface area contributed by atoms with Gasteiger partial charge < -0.3 is 14.8 Å². The molecule has 3 rings (SSSR count). The van der Waals surface area contributed by atoms with Gasteiger partial charge in [-0.15, -0.1) is 0 Å². The van der Waals surface area contributed by atoms with Crippen LogP contribution in [0, 0.1) is 5.82 Å². The van der Waals surface area contributed by atoms with Crippen molar-refractivity contribution in [2.24, 2.45) is 0 Å². The molecule has 1 atom stereocenters. The Labute approximate surface area is 147 Å². The number of cyclic esters (lactones) is 2. The lowest BCUT2D eigenvalue weighted by Gasteiger charge is -2.17. The van der Waals surface area contributed by atoms with E-state index in [0.717, 1.165) is 13.0 Å². The van der Waals surface area contributed by atoms with E-state index >= 15 is 0 Å². The lowest BCUT2D eigenvalue weighted by atomic mass is 10.2. The van der Waals surface area contributed by atoms with Gasteiger partial charge in [0.15, 0.2) is 0 Å². The number of halogens is 1. The summed E-state index contributed by atoms with van der Waals surface area (Å²) in [5.41, 5.74) is 0.318. The van der Waals surface area contributed by atoms with Crippen LogP contribution < -0.4 is 15.1 Å². The second-order valence-corrected chi connectivity index (χ2v) is 5.78. The summed E-state index contributed by atoms with van der Waals surface area (Å²) < 4.78 is 24.2. The third-order valence-corrected chi connectivity index (χ3v) is 3.98. The first-order chi connectivity index (χ1) is 12.4. The number of benzene rings is 1. The summed E-state index contributed by atoms with van der Waals surface area (Å²) >= 11 is 0. The van der Waals surface area contributed by atoms with Crippen LogP contribution >= 0.6 is 0 Å². The molecule has 0 aromatic heterocycles. The first kappa shape index (κ1) is 17.6. The number of carbonyl (C=O) groups is 4. The lowest BCUT2D eigenvalue weighted by Crippen LogP contribution is -2.37. The smallest absolute Gasteiger partial charge is 0.414 e. The van der Waals surface area contributed by atoms with Crippen LogP contribution in [0.3, 0.4) is 0 Å². The molecule has 0 aliphatic carbocycles. The molecule has 1 N–H and O–H groups in total. The van der Waals surface area contributed by atoms with Crippen LogP contribution in [0.1, 0.15) is 6.92 Å². The quantitative estimate of drug-likeness (QED) is 0.775. The number of ether oxygens (including phenoxy) is 2. The Morgan fingerprint density at radius 2 is 2.04 bits per heavy atom. The van der Waals surface area contributed by atoms with Crippen molar-refractivity contribution in [1.82, 2.24) is 5.32 Å². The Bertz CT molecular complexity index is 783. The van der Waals surface area contributed by atoms with E-state index in [2.05, 4.69) is 5.32 Å². The highest BCUT2D eigenvalue weighted by Crippen LogP contribution is 2.29. The van der Waals surface area contributed by atoms with Gasteiger partial charge in [0.25, 0.3) is 5.91 Å². The molecule has 9 nitrogen and oxygen atoms in total. The summed E-state index contributed by atoms with van der Waals surface area (Å²) in [5.74, 6) is -2.10. The zero-order valence-corrected chi connectivity index (χ0v) is 13.9. The van der Waals surface area contributed by atoms with E-state index in [0.29, 0.717) is 0 Å². The second-order valence-electron chi connectivity index (χ2n) is 5.78. The third-order valence-electron chi connectivity index (χ3n) is 3.98. The van der Waals surface area contributed by atoms with Gasteiger partial charge in [-0.2, -0.15) is 0 Å². The summed E-state index contributed by atoms with van der Waals surface area (Å²) in [6, 6.07) is 4.00. The normalized spacial score (nSPS) is 19.4. The number of Topliss-reactive ketones (excluding diaryl/α,β-unsaturated/α-hetero) is 1. The minimum absolute atomic E-state index is 0.0269. The molecule has 0 unspecified atom stereocenters. The summed E-state index contributed by atoms with van der Waals surface area (Å²) in [4.78, 5) is 48.0. The summed E-state index contributed by atoms with van der Waals surface area (Å²) in [6.45, 7) is 1.62. The molecular weight excluding hydrogens is 349 g/mol. The molecule has 3 amide bonds. The van der Waals surface area contributed by atoms with E-state index in [1.807, 2.05) is 0 Å². The van der Waals surface area contributed by atoms with Crippen molar-refractivity contribution >= 4 is 35.3 Å². The molecule has 138 valence electrons. The van der Waals surface area contributed by atoms with E-state index in [-0.39, 0.29) is 37.6 Å². The van der Waals surface area contributed by atoms with Gasteiger partial charge in [0.1, 0.15) is 18.5 Å². The number of anilines is 2. The van der Waals surface area contributed by atoms with Gasteiger partial charge in [-0.3, -0.25) is 19.4 Å². The highest BCUT2D eigenvalue weighted by molar-refractivity contribution is 6.35. The number of hydrogen-bond donors (Lipinski definition) is 1. The number of nitrogens with one attached hydrogen (secondary N) is 1. The minimum atomic E-state index is -0.771. The zero-order chi connectivity index (χ0) is 18.8. The molecule has 10 heteroatoms. The van der Waals surface area contributed by atoms with E-state index < -0.39 is 35.8 Å². The van der Waals surface area contributed by atoms with Crippen LogP contribution in [-0.2, 0) is 19.1 Å². The molecule has 2 fully saturated rings. The number of rotatable bonds is 5. The summed E-state index contributed by atoms with van der Waals surface area (Å²) in [7, 11) is 0. The van der Waals surface area contributed by atoms with Crippen molar-refractivity contribution in [1.29, 1.82) is 0 Å². The van der Waals surface area contributed by atoms with Gasteiger partial charge in [0.05, 0.1) is 31.0 Å². The average Bonchev–Trinajstić information content (AvgIpc) is 3.18. The molecule has 2 heterocycles. The topological polar surface area (TPSA) is 105 Å². The van der Waals surface area contributed by atoms with Gasteiger partial charge in [-0.1, -0.05) is 0 Å². The molecule has 0 radical (unpaired) electrons. The minimum Gasteiger partial charge on any atom is -0.447 e. The highest BCUT2D eigenvalue weighted by Gasteiger charge is 2.34. The molecule has 2 aliphatic heterocycles. The predicted octanol–water partition coefficient (Wildman–Crippen LogP) is 0.813. The van der Waals surface area contributed by atoms with Crippen LogP contribution in [0.15, 0.2) is 18.2 Å². The Morgan fingerprint density at radius 3 is 2.65 bits per heavy atom. The Balaban J connectivity index is 1.68. The molecule has 2 saturated heterocycles.